The van der Waals surface area contributed by atoms with Crippen LogP contribution in [0.15, 0.2) is 36.5 Å². The number of aromatic nitrogens is 1. The molecular formula is C19H17ClF3N3O3. The molecule has 0 saturated heterocycles. The molecule has 2 N–H and O–H groups in total. The van der Waals surface area contributed by atoms with Gasteiger partial charge in [0.2, 0.25) is 5.91 Å². The predicted molar refractivity (Wildman–Crippen MR) is 99.9 cm³/mol. The maximum atomic E-state index is 12.6. The summed E-state index contributed by atoms with van der Waals surface area (Å²) in [4.78, 5) is 28.0. The van der Waals surface area contributed by atoms with Gasteiger partial charge < -0.3 is 15.4 Å². The van der Waals surface area contributed by atoms with E-state index in [1.165, 1.54) is 18.3 Å². The third-order valence-corrected chi connectivity index (χ3v) is 4.42. The van der Waals surface area contributed by atoms with Crippen LogP contribution >= 0.6 is 11.6 Å². The largest absolute Gasteiger partial charge is 0.490 e. The summed E-state index contributed by atoms with van der Waals surface area (Å²) in [5.41, 5.74) is -0.566. The number of halogens is 4. The Morgan fingerprint density at radius 3 is 2.62 bits per heavy atom. The van der Waals surface area contributed by atoms with Crippen LogP contribution in [0.4, 0.5) is 19.0 Å². The molecule has 1 aromatic heterocycles. The first kappa shape index (κ1) is 20.9. The van der Waals surface area contributed by atoms with Gasteiger partial charge in [-0.15, -0.1) is 0 Å². The minimum atomic E-state index is -4.49. The number of rotatable bonds is 7. The van der Waals surface area contributed by atoms with Gasteiger partial charge in [0.1, 0.15) is 18.2 Å². The fraction of sp³-hybridized carbons (Fsp3) is 0.316. The van der Waals surface area contributed by atoms with Crippen molar-refractivity contribution in [3.05, 3.63) is 52.7 Å². The van der Waals surface area contributed by atoms with E-state index in [4.69, 9.17) is 16.3 Å². The van der Waals surface area contributed by atoms with Gasteiger partial charge in [0.05, 0.1) is 17.1 Å². The lowest BCUT2D eigenvalue weighted by Gasteiger charge is -2.12. The lowest BCUT2D eigenvalue weighted by molar-refractivity contribution is -0.137. The van der Waals surface area contributed by atoms with Gasteiger partial charge >= 0.3 is 6.18 Å². The number of nitrogens with zero attached hydrogens (tertiary/aromatic N) is 1. The molecule has 0 unspecified atom stereocenters. The van der Waals surface area contributed by atoms with E-state index < -0.39 is 17.6 Å². The molecule has 1 aliphatic carbocycles. The fourth-order valence-corrected chi connectivity index (χ4v) is 2.67. The zero-order chi connectivity index (χ0) is 21.0. The highest BCUT2D eigenvalue weighted by atomic mass is 35.5. The molecule has 1 fully saturated rings. The zero-order valence-corrected chi connectivity index (χ0v) is 15.8. The normalized spacial score (nSPS) is 13.7. The Labute approximate surface area is 169 Å². The zero-order valence-electron chi connectivity index (χ0n) is 15.1. The quantitative estimate of drug-likeness (QED) is 0.656. The summed E-state index contributed by atoms with van der Waals surface area (Å²) in [5.74, 6) is -0.123. The van der Waals surface area contributed by atoms with E-state index in [0.717, 1.165) is 31.0 Å². The third-order valence-electron chi connectivity index (χ3n) is 4.13. The van der Waals surface area contributed by atoms with Gasteiger partial charge in [0.15, 0.2) is 0 Å². The Hall–Kier alpha value is -2.81. The van der Waals surface area contributed by atoms with Crippen molar-refractivity contribution in [3.8, 4) is 5.75 Å². The Balaban J connectivity index is 1.48. The van der Waals surface area contributed by atoms with Crippen molar-refractivity contribution >= 4 is 29.2 Å². The van der Waals surface area contributed by atoms with Crippen LogP contribution < -0.4 is 15.4 Å². The van der Waals surface area contributed by atoms with Crippen LogP contribution in [0.5, 0.6) is 5.75 Å². The number of ether oxygens (including phenoxy) is 1. The number of anilines is 1. The Morgan fingerprint density at radius 1 is 1.21 bits per heavy atom. The minimum Gasteiger partial charge on any atom is -0.490 e. The molecule has 1 heterocycles. The van der Waals surface area contributed by atoms with Gasteiger partial charge in [-0.3, -0.25) is 9.59 Å². The van der Waals surface area contributed by atoms with E-state index >= 15 is 0 Å². The van der Waals surface area contributed by atoms with Crippen LogP contribution in [0, 0.1) is 5.92 Å². The first-order chi connectivity index (χ1) is 13.7. The van der Waals surface area contributed by atoms with Gasteiger partial charge in [-0.2, -0.15) is 13.2 Å². The molecule has 154 valence electrons. The van der Waals surface area contributed by atoms with Crippen molar-refractivity contribution in [2.75, 3.05) is 18.5 Å². The molecule has 0 aliphatic heterocycles. The second-order valence-electron chi connectivity index (χ2n) is 6.44. The molecule has 2 aromatic rings. The van der Waals surface area contributed by atoms with Gasteiger partial charge in [-0.1, -0.05) is 11.6 Å². The van der Waals surface area contributed by atoms with E-state index in [1.807, 2.05) is 0 Å². The summed E-state index contributed by atoms with van der Waals surface area (Å²) in [6, 6.07) is 5.74. The Bertz CT molecular complexity index is 917. The Morgan fingerprint density at radius 2 is 1.97 bits per heavy atom. The van der Waals surface area contributed by atoms with E-state index in [0.29, 0.717) is 11.4 Å². The molecule has 1 aliphatic rings. The lowest BCUT2D eigenvalue weighted by Crippen LogP contribution is -2.28. The van der Waals surface area contributed by atoms with Gasteiger partial charge in [-0.05, 0) is 43.2 Å². The first-order valence-electron chi connectivity index (χ1n) is 8.78. The molecule has 0 spiro atoms. The highest BCUT2D eigenvalue weighted by Gasteiger charge is 2.31. The van der Waals surface area contributed by atoms with E-state index in [9.17, 15) is 22.8 Å². The number of hydrogen-bond acceptors (Lipinski definition) is 4. The van der Waals surface area contributed by atoms with E-state index in [2.05, 4.69) is 15.6 Å². The van der Waals surface area contributed by atoms with E-state index in [-0.39, 0.29) is 35.7 Å². The summed E-state index contributed by atoms with van der Waals surface area (Å²) in [6.45, 7) is 0.107. The number of benzene rings is 1. The summed E-state index contributed by atoms with van der Waals surface area (Å²) in [7, 11) is 0. The molecular weight excluding hydrogens is 411 g/mol. The molecule has 0 radical (unpaired) electrons. The van der Waals surface area contributed by atoms with Crippen LogP contribution in [-0.2, 0) is 11.0 Å². The highest BCUT2D eigenvalue weighted by Crippen LogP contribution is 2.34. The number of carbonyl (C=O) groups excluding carboxylic acids is 2. The first-order valence-corrected chi connectivity index (χ1v) is 9.16. The van der Waals surface area contributed by atoms with Crippen molar-refractivity contribution < 1.29 is 27.5 Å². The number of alkyl halides is 3. The average molecular weight is 428 g/mol. The molecule has 6 nitrogen and oxygen atoms in total. The van der Waals surface area contributed by atoms with Gasteiger partial charge in [0.25, 0.3) is 5.91 Å². The molecule has 1 saturated carbocycles. The van der Waals surface area contributed by atoms with Crippen molar-refractivity contribution in [2.45, 2.75) is 19.0 Å². The standard InChI is InChI=1S/C19H17ClF3N3O3/c20-14-10-13(19(21,22)23)3-4-15(14)29-8-7-25-17(27)12-5-6-24-16(9-12)26-18(28)11-1-2-11/h3-6,9-11H,1-2,7-8H2,(H,25,27)(H,24,26,28). The molecule has 0 bridgehead atoms. The van der Waals surface area contributed by atoms with Gasteiger partial charge in [-0.25, -0.2) is 4.98 Å². The molecule has 29 heavy (non-hydrogen) atoms. The van der Waals surface area contributed by atoms with Crippen molar-refractivity contribution in [3.63, 3.8) is 0 Å². The van der Waals surface area contributed by atoms with Crippen LogP contribution in [-0.4, -0.2) is 29.9 Å². The number of pyridine rings is 1. The van der Waals surface area contributed by atoms with Crippen LogP contribution in [0.25, 0.3) is 0 Å². The second kappa shape index (κ2) is 8.69. The third kappa shape index (κ3) is 5.83. The van der Waals surface area contributed by atoms with E-state index in [1.54, 1.807) is 0 Å². The minimum absolute atomic E-state index is 0.00712. The topological polar surface area (TPSA) is 80.3 Å². The maximum absolute atomic E-state index is 12.6. The van der Waals surface area contributed by atoms with Crippen LogP contribution in [0.2, 0.25) is 5.02 Å². The average Bonchev–Trinajstić information content (AvgIpc) is 3.51. The monoisotopic (exact) mass is 427 g/mol. The van der Waals surface area contributed by atoms with Crippen LogP contribution in [0.1, 0.15) is 28.8 Å². The molecule has 2 amide bonds. The highest BCUT2D eigenvalue weighted by molar-refractivity contribution is 6.32. The number of hydrogen-bond donors (Lipinski definition) is 2. The van der Waals surface area contributed by atoms with Crippen LogP contribution in [0.3, 0.4) is 0 Å². The molecule has 0 atom stereocenters. The summed E-state index contributed by atoms with van der Waals surface area (Å²) < 4.78 is 43.2. The van der Waals surface area contributed by atoms with Gasteiger partial charge in [0, 0.05) is 17.7 Å². The maximum Gasteiger partial charge on any atom is 0.416 e. The Kier molecular flexibility index (Phi) is 6.26. The number of nitrogens with one attached hydrogen (secondary N) is 2. The molecule has 1 aromatic carbocycles. The van der Waals surface area contributed by atoms with Crippen molar-refractivity contribution in [1.29, 1.82) is 0 Å². The van der Waals surface area contributed by atoms with Crippen molar-refractivity contribution in [2.24, 2.45) is 5.92 Å². The lowest BCUT2D eigenvalue weighted by atomic mass is 10.2. The summed E-state index contributed by atoms with van der Waals surface area (Å²) in [6.07, 6.45) is -1.36. The smallest absolute Gasteiger partial charge is 0.416 e. The SMILES string of the molecule is O=C(NCCOc1ccc(C(F)(F)F)cc1Cl)c1ccnc(NC(=O)C2CC2)c1. The number of carbonyl (C=O) groups is 2. The second-order valence-corrected chi connectivity index (χ2v) is 6.85. The molecule has 10 heteroatoms. The summed E-state index contributed by atoms with van der Waals surface area (Å²) >= 11 is 5.80. The van der Waals surface area contributed by atoms with Crippen molar-refractivity contribution in [1.82, 2.24) is 10.3 Å². The predicted octanol–water partition coefficient (Wildman–Crippen LogP) is 3.91. The summed E-state index contributed by atoms with van der Waals surface area (Å²) in [5, 5.41) is 5.10. The number of amides is 2. The molecule has 3 rings (SSSR count). The fourth-order valence-electron chi connectivity index (χ4n) is 2.44.